The van der Waals surface area contributed by atoms with Crippen molar-refractivity contribution >= 4 is 0 Å². The third-order valence-electron chi connectivity index (χ3n) is 6.60. The number of rotatable bonds is 3. The van der Waals surface area contributed by atoms with Gasteiger partial charge in [0.05, 0.1) is 23.3 Å². The largest absolute Gasteiger partial charge is 0.361 e. The van der Waals surface area contributed by atoms with E-state index in [0.717, 1.165) is 56.2 Å². The Morgan fingerprint density at radius 2 is 1.89 bits per heavy atom. The van der Waals surface area contributed by atoms with Crippen molar-refractivity contribution in [3.63, 3.8) is 0 Å². The van der Waals surface area contributed by atoms with E-state index in [9.17, 15) is 0 Å². The molecule has 3 aromatic rings. The first-order valence-electron chi connectivity index (χ1n) is 9.76. The highest BCUT2D eigenvalue weighted by Gasteiger charge is 2.44. The Labute approximate surface area is 159 Å². The average molecular weight is 366 g/mol. The van der Waals surface area contributed by atoms with E-state index in [0.29, 0.717) is 0 Å². The zero-order chi connectivity index (χ0) is 18.6. The van der Waals surface area contributed by atoms with E-state index in [-0.39, 0.29) is 5.41 Å². The molecule has 1 spiro atoms. The predicted octanol–water partition coefficient (Wildman–Crippen LogP) is 2.83. The first-order valence-corrected chi connectivity index (χ1v) is 9.76. The van der Waals surface area contributed by atoms with Gasteiger partial charge < -0.3 is 9.09 Å². The molecule has 27 heavy (non-hydrogen) atoms. The second kappa shape index (κ2) is 6.05. The number of nitrogens with zero attached hydrogens (tertiary/aromatic N) is 6. The molecule has 0 amide bonds. The molecule has 142 valence electrons. The van der Waals surface area contributed by atoms with Crippen molar-refractivity contribution in [1.82, 2.24) is 29.4 Å². The van der Waals surface area contributed by atoms with Gasteiger partial charge in [0.2, 0.25) is 0 Å². The Morgan fingerprint density at radius 1 is 1.11 bits per heavy atom. The fourth-order valence-corrected chi connectivity index (χ4v) is 4.86. The molecule has 0 saturated carbocycles. The summed E-state index contributed by atoms with van der Waals surface area (Å²) in [5, 5.41) is 8.41. The van der Waals surface area contributed by atoms with Crippen LogP contribution in [-0.2, 0) is 25.6 Å². The zero-order valence-electron chi connectivity index (χ0n) is 16.3. The smallest absolute Gasteiger partial charge is 0.138 e. The lowest BCUT2D eigenvalue weighted by Crippen LogP contribution is -2.41. The third-order valence-corrected chi connectivity index (χ3v) is 6.60. The van der Waals surface area contributed by atoms with Gasteiger partial charge in [-0.25, -0.2) is 4.98 Å². The topological polar surface area (TPSA) is 64.9 Å². The number of likely N-dealkylation sites (tertiary alicyclic amines) is 1. The van der Waals surface area contributed by atoms with E-state index in [1.807, 2.05) is 38.0 Å². The van der Waals surface area contributed by atoms with Crippen LogP contribution in [0, 0.1) is 13.8 Å². The van der Waals surface area contributed by atoms with Gasteiger partial charge in [-0.2, -0.15) is 5.10 Å². The molecular weight excluding hydrogens is 340 g/mol. The third kappa shape index (κ3) is 2.56. The minimum atomic E-state index is 0.228. The maximum atomic E-state index is 5.33. The summed E-state index contributed by atoms with van der Waals surface area (Å²) in [5.74, 6) is 2.22. The van der Waals surface area contributed by atoms with Crippen LogP contribution in [0.25, 0.3) is 11.4 Å². The van der Waals surface area contributed by atoms with Crippen LogP contribution < -0.4 is 0 Å². The lowest BCUT2D eigenvalue weighted by atomic mass is 9.76. The molecule has 7 heteroatoms. The molecule has 0 atom stereocenters. The molecule has 0 unspecified atom stereocenters. The first kappa shape index (κ1) is 16.7. The summed E-state index contributed by atoms with van der Waals surface area (Å²) in [5.41, 5.74) is 4.83. The maximum absolute atomic E-state index is 5.33. The molecule has 5 heterocycles. The minimum Gasteiger partial charge on any atom is -0.361 e. The quantitative estimate of drug-likeness (QED) is 0.713. The Morgan fingerprint density at radius 3 is 2.56 bits per heavy atom. The Bertz CT molecular complexity index is 953. The van der Waals surface area contributed by atoms with E-state index < -0.39 is 0 Å². The van der Waals surface area contributed by atoms with Crippen LogP contribution in [0.15, 0.2) is 23.0 Å². The lowest BCUT2D eigenvalue weighted by molar-refractivity contribution is 0.149. The molecule has 5 rings (SSSR count). The van der Waals surface area contributed by atoms with Crippen molar-refractivity contribution in [1.29, 1.82) is 0 Å². The highest BCUT2D eigenvalue weighted by molar-refractivity contribution is 5.55. The molecule has 2 aliphatic rings. The van der Waals surface area contributed by atoms with Crippen LogP contribution in [0.3, 0.4) is 0 Å². The number of hydrogen-bond acceptors (Lipinski definition) is 5. The van der Waals surface area contributed by atoms with Crippen molar-refractivity contribution in [3.05, 3.63) is 41.3 Å². The zero-order valence-corrected chi connectivity index (χ0v) is 16.3. The first-order chi connectivity index (χ1) is 13.1. The monoisotopic (exact) mass is 366 g/mol. The maximum Gasteiger partial charge on any atom is 0.138 e. The summed E-state index contributed by atoms with van der Waals surface area (Å²) in [7, 11) is 1.99. The minimum absolute atomic E-state index is 0.228. The number of fused-ring (bicyclic) bond motifs is 2. The van der Waals surface area contributed by atoms with Crippen molar-refractivity contribution < 1.29 is 4.52 Å². The van der Waals surface area contributed by atoms with Gasteiger partial charge >= 0.3 is 0 Å². The van der Waals surface area contributed by atoms with E-state index >= 15 is 0 Å². The van der Waals surface area contributed by atoms with E-state index in [1.54, 1.807) is 0 Å². The summed E-state index contributed by atoms with van der Waals surface area (Å²) in [4.78, 5) is 7.41. The molecule has 3 aromatic heterocycles. The second-order valence-electron chi connectivity index (χ2n) is 8.07. The van der Waals surface area contributed by atoms with E-state index in [1.165, 1.54) is 23.5 Å². The summed E-state index contributed by atoms with van der Waals surface area (Å²) >= 11 is 0. The van der Waals surface area contributed by atoms with Crippen LogP contribution in [0.1, 0.15) is 42.1 Å². The number of aryl methyl sites for hydroxylation is 3. The van der Waals surface area contributed by atoms with Gasteiger partial charge in [-0.1, -0.05) is 5.16 Å². The predicted molar refractivity (Wildman–Crippen MR) is 101 cm³/mol. The van der Waals surface area contributed by atoms with Gasteiger partial charge in [0.25, 0.3) is 0 Å². The van der Waals surface area contributed by atoms with Crippen LogP contribution in [0.4, 0.5) is 0 Å². The Kier molecular flexibility index (Phi) is 3.75. The van der Waals surface area contributed by atoms with Gasteiger partial charge in [0.15, 0.2) is 0 Å². The molecule has 0 aromatic carbocycles. The van der Waals surface area contributed by atoms with Crippen molar-refractivity contribution in [2.24, 2.45) is 7.05 Å². The molecule has 0 aliphatic carbocycles. The van der Waals surface area contributed by atoms with Gasteiger partial charge in [0.1, 0.15) is 11.6 Å². The van der Waals surface area contributed by atoms with Crippen molar-refractivity contribution in [2.45, 2.75) is 51.6 Å². The molecule has 1 saturated heterocycles. The van der Waals surface area contributed by atoms with Crippen LogP contribution in [0.5, 0.6) is 0 Å². The molecule has 7 nitrogen and oxygen atoms in total. The number of imidazole rings is 1. The lowest BCUT2D eigenvalue weighted by Gasteiger charge is -2.38. The summed E-state index contributed by atoms with van der Waals surface area (Å²) in [6, 6.07) is 2.07. The molecule has 0 bridgehead atoms. The highest BCUT2D eigenvalue weighted by Crippen LogP contribution is 2.44. The second-order valence-corrected chi connectivity index (χ2v) is 8.07. The average Bonchev–Trinajstić information content (AvgIpc) is 3.41. The Balaban J connectivity index is 1.35. The molecule has 0 N–H and O–H groups in total. The summed E-state index contributed by atoms with van der Waals surface area (Å²) in [6.45, 7) is 8.22. The number of aromatic nitrogens is 5. The van der Waals surface area contributed by atoms with Crippen LogP contribution in [-0.4, -0.2) is 42.5 Å². The van der Waals surface area contributed by atoms with Crippen LogP contribution >= 0.6 is 0 Å². The number of piperidine rings is 1. The van der Waals surface area contributed by atoms with Crippen molar-refractivity contribution in [2.75, 3.05) is 13.1 Å². The molecule has 2 aliphatic heterocycles. The molecule has 0 radical (unpaired) electrons. The Hall–Kier alpha value is -2.41. The van der Waals surface area contributed by atoms with Gasteiger partial charge in [-0.05, 0) is 52.3 Å². The molecule has 1 fully saturated rings. The SMILES string of the molecule is Cc1noc(C)c1CN1CCC2(CC1)CCn1c(-c3ccnn3C)cnc12. The fraction of sp³-hybridized carbons (Fsp3) is 0.550. The normalized spacial score (nSPS) is 19.1. The van der Waals surface area contributed by atoms with Crippen molar-refractivity contribution in [3.8, 4) is 11.4 Å². The highest BCUT2D eigenvalue weighted by atomic mass is 16.5. The van der Waals surface area contributed by atoms with Gasteiger partial charge in [0, 0.05) is 37.3 Å². The fourth-order valence-electron chi connectivity index (χ4n) is 4.86. The van der Waals surface area contributed by atoms with Gasteiger partial charge in [-0.15, -0.1) is 0 Å². The van der Waals surface area contributed by atoms with Crippen LogP contribution in [0.2, 0.25) is 0 Å². The van der Waals surface area contributed by atoms with E-state index in [4.69, 9.17) is 9.51 Å². The van der Waals surface area contributed by atoms with Gasteiger partial charge in [-0.3, -0.25) is 9.58 Å². The van der Waals surface area contributed by atoms with E-state index in [2.05, 4.69) is 25.8 Å². The molecular formula is C20H26N6O. The summed E-state index contributed by atoms with van der Waals surface area (Å²) < 4.78 is 9.68. The number of hydrogen-bond donors (Lipinski definition) is 0. The summed E-state index contributed by atoms with van der Waals surface area (Å²) in [6.07, 6.45) is 7.41. The standard InChI is InChI=1S/C20H26N6O/c1-14-16(15(2)27-23-14)13-25-9-5-20(6-10-25)7-11-26-18(12-21-19(20)26)17-4-8-22-24(17)3/h4,8,12H,5-7,9-11,13H2,1-3H3.